The Morgan fingerprint density at radius 1 is 0.935 bits per heavy atom. The molecule has 5 nitrogen and oxygen atoms in total. The third kappa shape index (κ3) is 5.28. The quantitative estimate of drug-likeness (QED) is 0.602. The van der Waals surface area contributed by atoms with Crippen LogP contribution in [0.25, 0.3) is 0 Å². The van der Waals surface area contributed by atoms with Crippen LogP contribution in [-0.4, -0.2) is 23.4 Å². The van der Waals surface area contributed by atoms with Crippen molar-refractivity contribution in [1.29, 1.82) is 0 Å². The SMILES string of the molecule is O=C(Nc1ccc(CN2CCCC2=O)cc1)NC(c1ccccc1)c1ccc(F)cc1. The van der Waals surface area contributed by atoms with Crippen LogP contribution in [0.3, 0.4) is 0 Å². The molecular weight excluding hydrogens is 393 g/mol. The molecule has 1 heterocycles. The van der Waals surface area contributed by atoms with Crippen molar-refractivity contribution in [1.82, 2.24) is 10.2 Å². The average Bonchev–Trinajstić information content (AvgIpc) is 3.19. The normalized spacial score (nSPS) is 14.4. The van der Waals surface area contributed by atoms with Crippen molar-refractivity contribution < 1.29 is 14.0 Å². The highest BCUT2D eigenvalue weighted by molar-refractivity contribution is 5.89. The molecule has 1 saturated heterocycles. The molecule has 1 unspecified atom stereocenters. The van der Waals surface area contributed by atoms with Gasteiger partial charge in [0.2, 0.25) is 5.91 Å². The van der Waals surface area contributed by atoms with Crippen molar-refractivity contribution in [3.05, 3.63) is 101 Å². The smallest absolute Gasteiger partial charge is 0.319 e. The maximum absolute atomic E-state index is 13.4. The number of nitrogens with zero attached hydrogens (tertiary/aromatic N) is 1. The van der Waals surface area contributed by atoms with Crippen molar-refractivity contribution in [2.24, 2.45) is 0 Å². The average molecular weight is 417 g/mol. The van der Waals surface area contributed by atoms with Crippen molar-refractivity contribution in [3.8, 4) is 0 Å². The number of hydrogen-bond acceptors (Lipinski definition) is 2. The largest absolute Gasteiger partial charge is 0.338 e. The second-order valence-corrected chi connectivity index (χ2v) is 7.61. The Bertz CT molecular complexity index is 1040. The fourth-order valence-corrected chi connectivity index (χ4v) is 3.74. The Hall–Kier alpha value is -3.67. The van der Waals surface area contributed by atoms with E-state index in [0.717, 1.165) is 29.7 Å². The van der Waals surface area contributed by atoms with Gasteiger partial charge in [-0.25, -0.2) is 9.18 Å². The molecule has 1 atom stereocenters. The minimum Gasteiger partial charge on any atom is -0.338 e. The Morgan fingerprint density at radius 3 is 2.26 bits per heavy atom. The molecule has 3 aromatic rings. The van der Waals surface area contributed by atoms with Gasteiger partial charge < -0.3 is 15.5 Å². The molecule has 1 fully saturated rings. The molecule has 0 spiro atoms. The predicted molar refractivity (Wildman–Crippen MR) is 118 cm³/mol. The van der Waals surface area contributed by atoms with E-state index in [1.165, 1.54) is 12.1 Å². The number of likely N-dealkylation sites (tertiary alicyclic amines) is 1. The van der Waals surface area contributed by atoms with E-state index in [1.807, 2.05) is 59.5 Å². The van der Waals surface area contributed by atoms with Crippen LogP contribution in [0, 0.1) is 5.82 Å². The molecule has 1 aliphatic rings. The number of halogens is 1. The first-order chi connectivity index (χ1) is 15.1. The van der Waals surface area contributed by atoms with Crippen LogP contribution in [0.4, 0.5) is 14.9 Å². The van der Waals surface area contributed by atoms with E-state index in [-0.39, 0.29) is 17.8 Å². The first-order valence-corrected chi connectivity index (χ1v) is 10.3. The van der Waals surface area contributed by atoms with E-state index < -0.39 is 6.04 Å². The second kappa shape index (κ2) is 9.43. The fourth-order valence-electron chi connectivity index (χ4n) is 3.74. The second-order valence-electron chi connectivity index (χ2n) is 7.61. The highest BCUT2D eigenvalue weighted by atomic mass is 19.1. The van der Waals surface area contributed by atoms with Crippen molar-refractivity contribution >= 4 is 17.6 Å². The number of nitrogens with one attached hydrogen (secondary N) is 2. The van der Waals surface area contributed by atoms with Gasteiger partial charge in [0.15, 0.2) is 0 Å². The van der Waals surface area contributed by atoms with E-state index in [1.54, 1.807) is 12.1 Å². The molecule has 2 N–H and O–H groups in total. The molecule has 3 aromatic carbocycles. The zero-order valence-electron chi connectivity index (χ0n) is 17.1. The number of carbonyl (C=O) groups is 2. The van der Waals surface area contributed by atoms with Gasteiger partial charge in [-0.3, -0.25) is 4.79 Å². The van der Waals surface area contributed by atoms with Crippen molar-refractivity contribution in [2.45, 2.75) is 25.4 Å². The van der Waals surface area contributed by atoms with Crippen LogP contribution in [-0.2, 0) is 11.3 Å². The van der Waals surface area contributed by atoms with Gasteiger partial charge in [-0.2, -0.15) is 0 Å². The first kappa shape index (κ1) is 20.6. The summed E-state index contributed by atoms with van der Waals surface area (Å²) in [5, 5.41) is 5.82. The Morgan fingerprint density at radius 2 is 1.61 bits per heavy atom. The molecule has 1 aliphatic heterocycles. The summed E-state index contributed by atoms with van der Waals surface area (Å²) in [4.78, 5) is 26.3. The van der Waals surface area contributed by atoms with E-state index in [9.17, 15) is 14.0 Å². The van der Waals surface area contributed by atoms with Gasteiger partial charge in [0, 0.05) is 25.2 Å². The zero-order chi connectivity index (χ0) is 21.6. The highest BCUT2D eigenvalue weighted by Gasteiger charge is 2.20. The lowest BCUT2D eigenvalue weighted by Gasteiger charge is -2.20. The number of amides is 3. The maximum Gasteiger partial charge on any atom is 0.319 e. The molecule has 0 bridgehead atoms. The number of benzene rings is 3. The maximum atomic E-state index is 13.4. The first-order valence-electron chi connectivity index (χ1n) is 10.3. The topological polar surface area (TPSA) is 61.4 Å². The summed E-state index contributed by atoms with van der Waals surface area (Å²) in [6.07, 6.45) is 1.53. The van der Waals surface area contributed by atoms with Crippen LogP contribution < -0.4 is 10.6 Å². The Labute approximate surface area is 180 Å². The molecule has 158 valence electrons. The van der Waals surface area contributed by atoms with E-state index in [0.29, 0.717) is 18.7 Å². The molecular formula is C25H24FN3O2. The summed E-state index contributed by atoms with van der Waals surface area (Å²) < 4.78 is 13.4. The van der Waals surface area contributed by atoms with Crippen LogP contribution in [0.15, 0.2) is 78.9 Å². The van der Waals surface area contributed by atoms with E-state index in [4.69, 9.17) is 0 Å². The minimum atomic E-state index is -0.415. The van der Waals surface area contributed by atoms with Gasteiger partial charge in [-0.15, -0.1) is 0 Å². The Balaban J connectivity index is 1.43. The molecule has 0 aliphatic carbocycles. The van der Waals surface area contributed by atoms with Gasteiger partial charge >= 0.3 is 6.03 Å². The molecule has 4 rings (SSSR count). The summed E-state index contributed by atoms with van der Waals surface area (Å²) in [5.41, 5.74) is 3.36. The third-order valence-corrected chi connectivity index (χ3v) is 5.37. The molecule has 3 amide bonds. The summed E-state index contributed by atoms with van der Waals surface area (Å²) in [6, 6.07) is 22.3. The van der Waals surface area contributed by atoms with Crippen molar-refractivity contribution in [2.75, 3.05) is 11.9 Å². The number of rotatable bonds is 6. The van der Waals surface area contributed by atoms with Crippen LogP contribution in [0.1, 0.15) is 35.6 Å². The molecule has 6 heteroatoms. The van der Waals surface area contributed by atoms with Gasteiger partial charge in [0.25, 0.3) is 0 Å². The summed E-state index contributed by atoms with van der Waals surface area (Å²) in [6.45, 7) is 1.39. The number of hydrogen-bond donors (Lipinski definition) is 2. The van der Waals surface area contributed by atoms with E-state index >= 15 is 0 Å². The monoisotopic (exact) mass is 417 g/mol. The van der Waals surface area contributed by atoms with Crippen LogP contribution in [0.2, 0.25) is 0 Å². The zero-order valence-corrected chi connectivity index (χ0v) is 17.1. The van der Waals surface area contributed by atoms with Crippen LogP contribution >= 0.6 is 0 Å². The minimum absolute atomic E-state index is 0.189. The number of anilines is 1. The number of urea groups is 1. The van der Waals surface area contributed by atoms with Crippen LogP contribution in [0.5, 0.6) is 0 Å². The summed E-state index contributed by atoms with van der Waals surface area (Å²) >= 11 is 0. The molecule has 0 saturated carbocycles. The van der Waals surface area contributed by atoms with Crippen molar-refractivity contribution in [3.63, 3.8) is 0 Å². The van der Waals surface area contributed by atoms with E-state index in [2.05, 4.69) is 10.6 Å². The predicted octanol–water partition coefficient (Wildman–Crippen LogP) is 4.86. The van der Waals surface area contributed by atoms with Gasteiger partial charge in [0.1, 0.15) is 5.82 Å². The lowest BCUT2D eigenvalue weighted by molar-refractivity contribution is -0.128. The third-order valence-electron chi connectivity index (χ3n) is 5.37. The lowest BCUT2D eigenvalue weighted by atomic mass is 9.99. The molecule has 31 heavy (non-hydrogen) atoms. The summed E-state index contributed by atoms with van der Waals surface area (Å²) in [7, 11) is 0. The fraction of sp³-hybridized carbons (Fsp3) is 0.200. The van der Waals surface area contributed by atoms with Gasteiger partial charge in [0.05, 0.1) is 6.04 Å². The van der Waals surface area contributed by atoms with Gasteiger partial charge in [-0.1, -0.05) is 54.6 Å². The standard InChI is InChI=1S/C25H24FN3O2/c26-21-12-10-20(11-13-21)24(19-5-2-1-3-6-19)28-25(31)27-22-14-8-18(9-15-22)17-29-16-4-7-23(29)30/h1-3,5-6,8-15,24H,4,7,16-17H2,(H2,27,28,31). The highest BCUT2D eigenvalue weighted by Crippen LogP contribution is 2.23. The Kier molecular flexibility index (Phi) is 6.26. The molecule has 0 aromatic heterocycles. The van der Waals surface area contributed by atoms with Gasteiger partial charge in [-0.05, 0) is 47.4 Å². The number of carbonyl (C=O) groups excluding carboxylic acids is 2. The summed E-state index contributed by atoms with van der Waals surface area (Å²) in [5.74, 6) is -0.134. The molecule has 0 radical (unpaired) electrons. The lowest BCUT2D eigenvalue weighted by Crippen LogP contribution is -2.33.